The van der Waals surface area contributed by atoms with Crippen molar-refractivity contribution in [3.8, 4) is 0 Å². The van der Waals surface area contributed by atoms with Crippen molar-refractivity contribution in [2.45, 2.75) is 51.2 Å². The second kappa shape index (κ2) is 5.75. The van der Waals surface area contributed by atoms with Crippen molar-refractivity contribution in [3.05, 3.63) is 41.7 Å². The third-order valence-corrected chi connectivity index (χ3v) is 10.0. The number of allylic oxidation sites excluding steroid dienone is 1. The molecule has 6 atom stereocenters. The minimum absolute atomic E-state index is 0.0519. The molecule has 6 rings (SSSR count). The zero-order valence-electron chi connectivity index (χ0n) is 18.0. The van der Waals surface area contributed by atoms with Crippen molar-refractivity contribution in [3.63, 3.8) is 0 Å². The number of hydrogen-bond donors (Lipinski definition) is 0. The fraction of sp³-hybridized carbons (Fsp3) is 0.609. The number of ketones is 1. The number of methoxy groups -OCH3 is 1. The third kappa shape index (κ3) is 1.93. The van der Waals surface area contributed by atoms with Crippen LogP contribution >= 0.6 is 0 Å². The van der Waals surface area contributed by atoms with Crippen molar-refractivity contribution in [2.75, 3.05) is 13.7 Å². The van der Waals surface area contributed by atoms with Gasteiger partial charge in [0.2, 0.25) is 11.6 Å². The van der Waals surface area contributed by atoms with Crippen LogP contribution in [0.1, 0.15) is 39.2 Å². The van der Waals surface area contributed by atoms with E-state index in [9.17, 15) is 13.2 Å². The van der Waals surface area contributed by atoms with Crippen LogP contribution in [0, 0.1) is 35.0 Å². The number of rotatable bonds is 4. The average molecular weight is 433 g/mol. The highest BCUT2D eigenvalue weighted by molar-refractivity contribution is 7.86. The maximum absolute atomic E-state index is 13.9. The van der Waals surface area contributed by atoms with Crippen molar-refractivity contribution in [1.29, 1.82) is 0 Å². The summed E-state index contributed by atoms with van der Waals surface area (Å²) in [6.45, 7) is 8.23. The van der Waals surface area contributed by atoms with Crippen LogP contribution in [0.5, 0.6) is 0 Å². The molecule has 1 heterocycles. The van der Waals surface area contributed by atoms with Gasteiger partial charge in [0.25, 0.3) is 0 Å². The Labute approximate surface area is 177 Å². The van der Waals surface area contributed by atoms with E-state index in [4.69, 9.17) is 13.7 Å². The Morgan fingerprint density at radius 3 is 2.43 bits per heavy atom. The molecule has 0 amide bonds. The first kappa shape index (κ1) is 20.2. The molecule has 3 fully saturated rings. The third-order valence-electron chi connectivity index (χ3n) is 8.78. The molecule has 4 bridgehead atoms. The van der Waals surface area contributed by atoms with Gasteiger partial charge in [0.15, 0.2) is 0 Å². The number of ether oxygens (including phenoxy) is 2. The fourth-order valence-corrected chi connectivity index (χ4v) is 7.87. The second-order valence-electron chi connectivity index (χ2n) is 9.80. The molecule has 1 saturated heterocycles. The number of carbonyl (C=O) groups is 1. The second-order valence-corrected chi connectivity index (χ2v) is 11.4. The topological polar surface area (TPSA) is 78.9 Å². The van der Waals surface area contributed by atoms with Gasteiger partial charge >= 0.3 is 10.1 Å². The van der Waals surface area contributed by atoms with E-state index in [0.29, 0.717) is 6.61 Å². The van der Waals surface area contributed by atoms with Gasteiger partial charge in [-0.05, 0) is 56.7 Å². The lowest BCUT2D eigenvalue weighted by Gasteiger charge is -2.63. The quantitative estimate of drug-likeness (QED) is 0.677. The number of hydrogen-bond acceptors (Lipinski definition) is 6. The Hall–Kier alpha value is -1.70. The Balaban J connectivity index is 1.71. The Bertz CT molecular complexity index is 1080. The average Bonchev–Trinajstić information content (AvgIpc) is 3.13. The molecule has 5 aliphatic rings. The summed E-state index contributed by atoms with van der Waals surface area (Å²) in [6.07, 6.45) is 3.60. The van der Waals surface area contributed by atoms with Crippen LogP contribution in [0.4, 0.5) is 0 Å². The SMILES string of the molecule is CO[C@@]12OC[C@@]3(C)[C@H]4CC[C@@H](C)[C@@]4(C=C(OS(=O)(=O)c4ccc(C)cc4)[C@@]13C)C2=O. The molecule has 1 spiro atoms. The molecule has 1 aliphatic heterocycles. The van der Waals surface area contributed by atoms with Crippen LogP contribution in [0.2, 0.25) is 0 Å². The van der Waals surface area contributed by atoms with E-state index in [1.807, 2.05) is 13.8 Å². The summed E-state index contributed by atoms with van der Waals surface area (Å²) >= 11 is 0. The van der Waals surface area contributed by atoms with Crippen LogP contribution in [0.3, 0.4) is 0 Å². The standard InChI is InChI=1S/C23H28O6S/c1-14-6-9-16(10-7-14)30(25,26)29-18-12-22-15(2)8-11-17(22)20(3)13-28-23(27-5,19(22)24)21(18,20)4/h6-7,9-10,12,15,17H,8,11,13H2,1-5H3/t15-,17-,20+,21-,22-,23+/m1/s1. The highest BCUT2D eigenvalue weighted by Gasteiger charge is 2.86. The first-order valence-electron chi connectivity index (χ1n) is 10.5. The Kier molecular flexibility index (Phi) is 3.88. The van der Waals surface area contributed by atoms with Gasteiger partial charge in [-0.15, -0.1) is 0 Å². The largest absolute Gasteiger partial charge is 0.383 e. The molecule has 7 heteroatoms. The monoisotopic (exact) mass is 432 g/mol. The number of aryl methyl sites for hydroxylation is 1. The van der Waals surface area contributed by atoms with Crippen LogP contribution in [0.25, 0.3) is 0 Å². The summed E-state index contributed by atoms with van der Waals surface area (Å²) in [5, 5.41) is 0. The van der Waals surface area contributed by atoms with Crippen molar-refractivity contribution in [2.24, 2.45) is 28.1 Å². The molecule has 2 saturated carbocycles. The molecule has 4 aliphatic carbocycles. The van der Waals surface area contributed by atoms with Gasteiger partial charge in [0.1, 0.15) is 10.7 Å². The predicted molar refractivity (Wildman–Crippen MR) is 109 cm³/mol. The fourth-order valence-electron chi connectivity index (χ4n) is 6.86. The molecule has 1 aromatic rings. The number of benzene rings is 1. The smallest absolute Gasteiger partial charge is 0.338 e. The molecule has 0 N–H and O–H groups in total. The van der Waals surface area contributed by atoms with E-state index in [1.54, 1.807) is 18.2 Å². The van der Waals surface area contributed by atoms with E-state index in [1.165, 1.54) is 19.2 Å². The maximum atomic E-state index is 13.9. The highest BCUT2D eigenvalue weighted by atomic mass is 32.2. The van der Waals surface area contributed by atoms with Crippen LogP contribution in [-0.4, -0.2) is 33.7 Å². The first-order valence-corrected chi connectivity index (χ1v) is 11.9. The first-order chi connectivity index (χ1) is 14.0. The van der Waals surface area contributed by atoms with Crippen LogP contribution in [0.15, 0.2) is 41.0 Å². The normalized spacial score (nSPS) is 44.2. The van der Waals surface area contributed by atoms with Gasteiger partial charge < -0.3 is 13.7 Å². The summed E-state index contributed by atoms with van der Waals surface area (Å²) in [7, 11) is -2.61. The Morgan fingerprint density at radius 2 is 1.80 bits per heavy atom. The van der Waals surface area contributed by atoms with E-state index < -0.39 is 32.2 Å². The molecule has 0 radical (unpaired) electrons. The van der Waals surface area contributed by atoms with Gasteiger partial charge in [-0.3, -0.25) is 4.79 Å². The van der Waals surface area contributed by atoms with Crippen molar-refractivity contribution >= 4 is 15.9 Å². The van der Waals surface area contributed by atoms with E-state index in [-0.39, 0.29) is 28.3 Å². The van der Waals surface area contributed by atoms with Crippen molar-refractivity contribution in [1.82, 2.24) is 0 Å². The summed E-state index contributed by atoms with van der Waals surface area (Å²) in [6, 6.07) is 6.55. The lowest BCUT2D eigenvalue weighted by atomic mass is 9.40. The zero-order chi connectivity index (χ0) is 21.7. The zero-order valence-corrected chi connectivity index (χ0v) is 18.8. The number of Topliss-reactive ketones (excluding diaryl/α,β-unsaturated/α-hetero) is 1. The summed E-state index contributed by atoms with van der Waals surface area (Å²) in [4.78, 5) is 14.0. The molecule has 0 aromatic heterocycles. The maximum Gasteiger partial charge on any atom is 0.338 e. The van der Waals surface area contributed by atoms with Crippen LogP contribution < -0.4 is 0 Å². The van der Waals surface area contributed by atoms with E-state index >= 15 is 0 Å². The minimum Gasteiger partial charge on any atom is -0.383 e. The van der Waals surface area contributed by atoms with Gasteiger partial charge in [0.05, 0.1) is 17.4 Å². The molecular formula is C23H28O6S. The minimum atomic E-state index is -4.08. The predicted octanol–water partition coefficient (Wildman–Crippen LogP) is 3.60. The van der Waals surface area contributed by atoms with Crippen LogP contribution in [-0.2, 0) is 28.6 Å². The van der Waals surface area contributed by atoms with Gasteiger partial charge in [-0.2, -0.15) is 8.42 Å². The van der Waals surface area contributed by atoms with Gasteiger partial charge in [-0.25, -0.2) is 0 Å². The summed E-state index contributed by atoms with van der Waals surface area (Å²) in [5.74, 6) is -1.24. The molecule has 6 nitrogen and oxygen atoms in total. The summed E-state index contributed by atoms with van der Waals surface area (Å²) < 4.78 is 44.1. The number of carbonyl (C=O) groups excluding carboxylic acids is 1. The molecule has 0 unspecified atom stereocenters. The molecule has 162 valence electrons. The lowest BCUT2D eigenvalue weighted by molar-refractivity contribution is -0.258. The molecular weight excluding hydrogens is 404 g/mol. The summed E-state index contributed by atoms with van der Waals surface area (Å²) in [5.41, 5.74) is -1.40. The van der Waals surface area contributed by atoms with Crippen molar-refractivity contribution < 1.29 is 26.9 Å². The Morgan fingerprint density at radius 1 is 1.13 bits per heavy atom. The molecule has 30 heavy (non-hydrogen) atoms. The van der Waals surface area contributed by atoms with Gasteiger partial charge in [0, 0.05) is 12.5 Å². The van der Waals surface area contributed by atoms with Gasteiger partial charge in [-0.1, -0.05) is 31.5 Å². The highest BCUT2D eigenvalue weighted by Crippen LogP contribution is 2.78. The molecule has 1 aromatic carbocycles. The lowest BCUT2D eigenvalue weighted by Crippen LogP contribution is -2.72. The van der Waals surface area contributed by atoms with E-state index in [2.05, 4.69) is 13.8 Å². The van der Waals surface area contributed by atoms with E-state index in [0.717, 1.165) is 18.4 Å².